The van der Waals surface area contributed by atoms with E-state index in [9.17, 15) is 4.79 Å². The lowest BCUT2D eigenvalue weighted by molar-refractivity contribution is 0.112. The zero-order valence-corrected chi connectivity index (χ0v) is 13.9. The van der Waals surface area contributed by atoms with Crippen molar-refractivity contribution >= 4 is 18.4 Å². The summed E-state index contributed by atoms with van der Waals surface area (Å²) in [5.74, 6) is 0. The Bertz CT molecular complexity index is 895. The average molecular weight is 313 g/mol. The smallest absolute Gasteiger partial charge is 0.150 e. The minimum absolute atomic E-state index is 0.694. The lowest BCUT2D eigenvalue weighted by Crippen LogP contribution is -1.89. The van der Waals surface area contributed by atoms with Crippen LogP contribution in [-0.2, 0) is 0 Å². The number of aryl methyl sites for hydroxylation is 1. The number of aromatic nitrogens is 1. The van der Waals surface area contributed by atoms with E-state index >= 15 is 0 Å². The van der Waals surface area contributed by atoms with Crippen molar-refractivity contribution in [1.82, 2.24) is 4.98 Å². The molecule has 1 heterocycles. The molecular weight excluding hydrogens is 294 g/mol. The summed E-state index contributed by atoms with van der Waals surface area (Å²) in [6.07, 6.45) is 6.85. The number of carbonyl (C=O) groups is 1. The van der Waals surface area contributed by atoms with Gasteiger partial charge in [-0.25, -0.2) is 0 Å². The monoisotopic (exact) mass is 313 g/mol. The van der Waals surface area contributed by atoms with Crippen molar-refractivity contribution in [2.75, 3.05) is 0 Å². The van der Waals surface area contributed by atoms with E-state index in [2.05, 4.69) is 36.2 Å². The van der Waals surface area contributed by atoms with Crippen LogP contribution in [0.2, 0.25) is 0 Å². The third-order valence-corrected chi connectivity index (χ3v) is 4.20. The molecule has 0 aliphatic carbocycles. The molecule has 0 bridgehead atoms. The summed E-state index contributed by atoms with van der Waals surface area (Å²) < 4.78 is 0. The second-order valence-corrected chi connectivity index (χ2v) is 5.80. The molecule has 3 rings (SSSR count). The number of pyridine rings is 1. The van der Waals surface area contributed by atoms with E-state index in [1.165, 1.54) is 5.56 Å². The summed E-state index contributed by atoms with van der Waals surface area (Å²) in [6, 6.07) is 17.9. The molecule has 0 fully saturated rings. The van der Waals surface area contributed by atoms with Crippen LogP contribution in [0.1, 0.15) is 32.6 Å². The van der Waals surface area contributed by atoms with Gasteiger partial charge in [-0.15, -0.1) is 0 Å². The van der Waals surface area contributed by atoms with Crippen LogP contribution in [0.15, 0.2) is 60.8 Å². The van der Waals surface area contributed by atoms with Crippen molar-refractivity contribution in [2.45, 2.75) is 13.8 Å². The fourth-order valence-corrected chi connectivity index (χ4v) is 2.73. The topological polar surface area (TPSA) is 30.0 Å². The first kappa shape index (κ1) is 15.9. The van der Waals surface area contributed by atoms with Gasteiger partial charge in [-0.1, -0.05) is 48.6 Å². The zero-order chi connectivity index (χ0) is 16.9. The minimum Gasteiger partial charge on any atom is -0.298 e. The predicted molar refractivity (Wildman–Crippen MR) is 99.9 cm³/mol. The van der Waals surface area contributed by atoms with Gasteiger partial charge in [-0.2, -0.15) is 0 Å². The minimum atomic E-state index is 0.694. The molecule has 0 spiro atoms. The highest BCUT2D eigenvalue weighted by molar-refractivity contribution is 5.80. The van der Waals surface area contributed by atoms with Gasteiger partial charge in [0.1, 0.15) is 6.29 Å². The molecule has 0 amide bonds. The molecule has 2 nitrogen and oxygen atoms in total. The number of rotatable bonds is 4. The van der Waals surface area contributed by atoms with Gasteiger partial charge in [-0.05, 0) is 54.3 Å². The molecule has 0 N–H and O–H groups in total. The van der Waals surface area contributed by atoms with E-state index in [-0.39, 0.29) is 0 Å². The van der Waals surface area contributed by atoms with Gasteiger partial charge >= 0.3 is 0 Å². The van der Waals surface area contributed by atoms with Crippen LogP contribution < -0.4 is 0 Å². The maximum absolute atomic E-state index is 11.0. The maximum Gasteiger partial charge on any atom is 0.150 e. The summed E-state index contributed by atoms with van der Waals surface area (Å²) in [4.78, 5) is 15.4. The molecular formula is C22H19NO. The summed E-state index contributed by atoms with van der Waals surface area (Å²) in [5, 5.41) is 0. The Morgan fingerprint density at radius 3 is 2.46 bits per heavy atom. The van der Waals surface area contributed by atoms with Crippen molar-refractivity contribution < 1.29 is 4.79 Å². The van der Waals surface area contributed by atoms with E-state index in [4.69, 9.17) is 0 Å². The number of benzene rings is 2. The van der Waals surface area contributed by atoms with Crippen LogP contribution in [0.5, 0.6) is 0 Å². The molecule has 0 saturated carbocycles. The lowest BCUT2D eigenvalue weighted by atomic mass is 9.98. The lowest BCUT2D eigenvalue weighted by Gasteiger charge is -2.08. The van der Waals surface area contributed by atoms with Gasteiger partial charge in [0, 0.05) is 17.3 Å². The van der Waals surface area contributed by atoms with E-state index in [1.807, 2.05) is 55.6 Å². The van der Waals surface area contributed by atoms with Crippen LogP contribution in [0, 0.1) is 13.8 Å². The number of carbonyl (C=O) groups excluding carboxylic acids is 1. The second kappa shape index (κ2) is 7.05. The van der Waals surface area contributed by atoms with Gasteiger partial charge in [0.2, 0.25) is 0 Å². The largest absolute Gasteiger partial charge is 0.298 e. The number of hydrogen-bond acceptors (Lipinski definition) is 2. The van der Waals surface area contributed by atoms with E-state index in [0.29, 0.717) is 5.56 Å². The number of hydrogen-bond donors (Lipinski definition) is 0. The molecule has 0 saturated heterocycles. The Labute approximate surface area is 142 Å². The average Bonchev–Trinajstić information content (AvgIpc) is 2.63. The van der Waals surface area contributed by atoms with Gasteiger partial charge in [0.25, 0.3) is 0 Å². The van der Waals surface area contributed by atoms with Gasteiger partial charge < -0.3 is 0 Å². The molecule has 1 aromatic heterocycles. The summed E-state index contributed by atoms with van der Waals surface area (Å²) >= 11 is 0. The summed E-state index contributed by atoms with van der Waals surface area (Å²) in [6.45, 7) is 4.16. The van der Waals surface area contributed by atoms with E-state index < -0.39 is 0 Å². The third kappa shape index (κ3) is 3.33. The fourth-order valence-electron chi connectivity index (χ4n) is 2.73. The molecule has 2 heteroatoms. The first-order chi connectivity index (χ1) is 11.7. The number of nitrogens with zero attached hydrogens (tertiary/aromatic N) is 1. The van der Waals surface area contributed by atoms with Crippen molar-refractivity contribution in [3.63, 3.8) is 0 Å². The predicted octanol–water partition coefficient (Wildman–Crippen LogP) is 5.35. The first-order valence-electron chi connectivity index (χ1n) is 7.94. The summed E-state index contributed by atoms with van der Waals surface area (Å²) in [7, 11) is 0. The zero-order valence-electron chi connectivity index (χ0n) is 13.9. The van der Waals surface area contributed by atoms with Gasteiger partial charge in [-0.3, -0.25) is 9.78 Å². The SMILES string of the molecule is Cc1ccc(C=O)cc1/C=C/c1cccc(-c2ccccn2)c1C. The molecule has 118 valence electrons. The van der Waals surface area contributed by atoms with Crippen molar-refractivity contribution in [2.24, 2.45) is 0 Å². The molecule has 0 aliphatic rings. The Morgan fingerprint density at radius 2 is 1.71 bits per heavy atom. The van der Waals surface area contributed by atoms with E-state index in [1.54, 1.807) is 0 Å². The molecule has 0 unspecified atom stereocenters. The Kier molecular flexibility index (Phi) is 4.66. The van der Waals surface area contributed by atoms with E-state index in [0.717, 1.165) is 34.2 Å². The Balaban J connectivity index is 1.98. The summed E-state index contributed by atoms with van der Waals surface area (Å²) in [5.41, 5.74) is 7.35. The normalized spacial score (nSPS) is 10.9. The molecule has 24 heavy (non-hydrogen) atoms. The second-order valence-electron chi connectivity index (χ2n) is 5.80. The standard InChI is InChI=1S/C22H19NO/c1-16-9-10-18(15-24)14-20(16)12-11-19-6-5-7-21(17(19)2)22-8-3-4-13-23-22/h3-15H,1-2H3/b12-11+. The number of aldehydes is 1. The van der Waals surface area contributed by atoms with Gasteiger partial charge in [0.15, 0.2) is 0 Å². The quantitative estimate of drug-likeness (QED) is 0.480. The van der Waals surface area contributed by atoms with Crippen LogP contribution in [0.25, 0.3) is 23.4 Å². The molecule has 0 radical (unpaired) electrons. The molecule has 2 aromatic carbocycles. The van der Waals surface area contributed by atoms with Crippen LogP contribution in [0.4, 0.5) is 0 Å². The highest BCUT2D eigenvalue weighted by Gasteiger charge is 2.05. The maximum atomic E-state index is 11.0. The Hall–Kier alpha value is -3.00. The van der Waals surface area contributed by atoms with Crippen molar-refractivity contribution in [3.05, 3.63) is 88.6 Å². The van der Waals surface area contributed by atoms with Crippen LogP contribution in [0.3, 0.4) is 0 Å². The molecule has 3 aromatic rings. The van der Waals surface area contributed by atoms with Gasteiger partial charge in [0.05, 0.1) is 5.69 Å². The van der Waals surface area contributed by atoms with Crippen molar-refractivity contribution in [1.29, 1.82) is 0 Å². The third-order valence-electron chi connectivity index (χ3n) is 4.20. The molecule has 0 aliphatic heterocycles. The van der Waals surface area contributed by atoms with Crippen molar-refractivity contribution in [3.8, 4) is 11.3 Å². The molecule has 0 atom stereocenters. The van der Waals surface area contributed by atoms with Crippen LogP contribution >= 0.6 is 0 Å². The fraction of sp³-hybridized carbons (Fsp3) is 0.0909. The highest BCUT2D eigenvalue weighted by atomic mass is 16.1. The Morgan fingerprint density at radius 1 is 0.875 bits per heavy atom. The highest BCUT2D eigenvalue weighted by Crippen LogP contribution is 2.25. The van der Waals surface area contributed by atoms with Crippen LogP contribution in [-0.4, -0.2) is 11.3 Å². The first-order valence-corrected chi connectivity index (χ1v) is 7.94.